The quantitative estimate of drug-likeness (QED) is 0.781. The molecular formula is C15H24N2O3S. The first-order valence-corrected chi connectivity index (χ1v) is 7.93. The number of carbonyl (C=O) groups excluding carboxylic acids is 1. The summed E-state index contributed by atoms with van der Waals surface area (Å²) in [4.78, 5) is 14.8. The third-order valence-corrected chi connectivity index (χ3v) is 3.94. The molecule has 0 spiro atoms. The minimum Gasteiger partial charge on any atom is -0.493 e. The van der Waals surface area contributed by atoms with Gasteiger partial charge in [0.2, 0.25) is 5.91 Å². The predicted molar refractivity (Wildman–Crippen MR) is 86.1 cm³/mol. The van der Waals surface area contributed by atoms with Crippen LogP contribution >= 0.6 is 11.8 Å². The summed E-state index contributed by atoms with van der Waals surface area (Å²) in [5.74, 6) is 1.39. The van der Waals surface area contributed by atoms with Crippen LogP contribution in [0.15, 0.2) is 17.0 Å². The molecular weight excluding hydrogens is 288 g/mol. The minimum absolute atomic E-state index is 0.0341. The van der Waals surface area contributed by atoms with Crippen molar-refractivity contribution in [3.63, 3.8) is 0 Å². The van der Waals surface area contributed by atoms with E-state index in [2.05, 4.69) is 0 Å². The highest BCUT2D eigenvalue weighted by atomic mass is 32.2. The second-order valence-corrected chi connectivity index (χ2v) is 5.80. The van der Waals surface area contributed by atoms with E-state index in [4.69, 9.17) is 15.2 Å². The molecule has 0 aromatic heterocycles. The molecule has 0 saturated heterocycles. The number of carbonyl (C=O) groups is 1. The zero-order chi connectivity index (χ0) is 16.0. The Bertz CT molecular complexity index is 492. The maximum absolute atomic E-state index is 12.0. The molecule has 5 nitrogen and oxygen atoms in total. The molecule has 1 aromatic carbocycles. The molecule has 1 aromatic rings. The van der Waals surface area contributed by atoms with Gasteiger partial charge in [0.1, 0.15) is 0 Å². The van der Waals surface area contributed by atoms with Gasteiger partial charge in [-0.3, -0.25) is 4.79 Å². The Hall–Kier alpha value is -1.40. The van der Waals surface area contributed by atoms with Crippen LogP contribution in [0.4, 0.5) is 0 Å². The van der Waals surface area contributed by atoms with E-state index in [1.54, 1.807) is 37.9 Å². The lowest BCUT2D eigenvalue weighted by atomic mass is 10.1. The van der Waals surface area contributed by atoms with Gasteiger partial charge in [-0.2, -0.15) is 0 Å². The van der Waals surface area contributed by atoms with E-state index in [9.17, 15) is 4.79 Å². The topological polar surface area (TPSA) is 64.8 Å². The molecule has 0 saturated carbocycles. The molecule has 0 aliphatic carbocycles. The lowest BCUT2D eigenvalue weighted by Crippen LogP contribution is -2.31. The third kappa shape index (κ3) is 4.82. The van der Waals surface area contributed by atoms with Crippen LogP contribution in [0.5, 0.6) is 11.5 Å². The fourth-order valence-electron chi connectivity index (χ4n) is 1.99. The first-order chi connectivity index (χ1) is 9.92. The number of ether oxygens (including phenoxy) is 2. The molecule has 0 aliphatic rings. The van der Waals surface area contributed by atoms with Crippen LogP contribution in [0.2, 0.25) is 0 Å². The van der Waals surface area contributed by atoms with Crippen molar-refractivity contribution < 1.29 is 14.3 Å². The van der Waals surface area contributed by atoms with Crippen LogP contribution in [-0.2, 0) is 11.3 Å². The number of hydrogen-bond donors (Lipinski definition) is 1. The molecule has 1 atom stereocenters. The molecule has 1 amide bonds. The molecule has 0 radical (unpaired) electrons. The minimum atomic E-state index is -0.134. The molecule has 21 heavy (non-hydrogen) atoms. The average molecular weight is 312 g/mol. The van der Waals surface area contributed by atoms with Crippen LogP contribution in [0.25, 0.3) is 0 Å². The lowest BCUT2D eigenvalue weighted by molar-refractivity contribution is -0.130. The van der Waals surface area contributed by atoms with Crippen LogP contribution < -0.4 is 15.2 Å². The number of amides is 1. The number of hydrogen-bond acceptors (Lipinski definition) is 5. The zero-order valence-corrected chi connectivity index (χ0v) is 14.1. The second-order valence-electron chi connectivity index (χ2n) is 4.95. The molecule has 0 aliphatic heterocycles. The summed E-state index contributed by atoms with van der Waals surface area (Å²) in [7, 11) is 5.00. The van der Waals surface area contributed by atoms with Gasteiger partial charge in [0, 0.05) is 31.0 Å². The van der Waals surface area contributed by atoms with Gasteiger partial charge in [0.05, 0.1) is 14.2 Å². The van der Waals surface area contributed by atoms with Gasteiger partial charge in [-0.05, 0) is 30.9 Å². The summed E-state index contributed by atoms with van der Waals surface area (Å²) in [6, 6.07) is 3.72. The van der Waals surface area contributed by atoms with Crippen LogP contribution in [0, 0.1) is 0 Å². The highest BCUT2D eigenvalue weighted by Crippen LogP contribution is 2.35. The lowest BCUT2D eigenvalue weighted by Gasteiger charge is -2.21. The Morgan fingerprint density at radius 2 is 1.90 bits per heavy atom. The molecule has 0 fully saturated rings. The van der Waals surface area contributed by atoms with E-state index in [-0.39, 0.29) is 11.9 Å². The Kier molecular flexibility index (Phi) is 6.84. The molecule has 1 rings (SSSR count). The molecule has 6 heteroatoms. The first kappa shape index (κ1) is 17.7. The van der Waals surface area contributed by atoms with Gasteiger partial charge in [0.15, 0.2) is 11.5 Å². The Labute approximate surface area is 130 Å². The Balaban J connectivity index is 2.98. The Morgan fingerprint density at radius 1 is 1.33 bits per heavy atom. The highest BCUT2D eigenvalue weighted by molar-refractivity contribution is 7.98. The largest absolute Gasteiger partial charge is 0.493 e. The predicted octanol–water partition coefficient (Wildman–Crippen LogP) is 2.12. The van der Waals surface area contributed by atoms with Gasteiger partial charge in [-0.1, -0.05) is 0 Å². The van der Waals surface area contributed by atoms with Crippen LogP contribution in [0.1, 0.15) is 18.9 Å². The number of benzene rings is 1. The first-order valence-electron chi connectivity index (χ1n) is 6.71. The van der Waals surface area contributed by atoms with Crippen molar-refractivity contribution in [2.24, 2.45) is 5.73 Å². The van der Waals surface area contributed by atoms with E-state index >= 15 is 0 Å². The fourth-order valence-corrected chi connectivity index (χ4v) is 2.60. The van der Waals surface area contributed by atoms with Gasteiger partial charge < -0.3 is 20.1 Å². The third-order valence-electron chi connectivity index (χ3n) is 3.12. The van der Waals surface area contributed by atoms with Crippen LogP contribution in [0.3, 0.4) is 0 Å². The second kappa shape index (κ2) is 8.14. The van der Waals surface area contributed by atoms with E-state index in [1.807, 2.05) is 25.3 Å². The van der Waals surface area contributed by atoms with Crippen LogP contribution in [-0.4, -0.2) is 44.4 Å². The zero-order valence-electron chi connectivity index (χ0n) is 13.3. The summed E-state index contributed by atoms with van der Waals surface area (Å²) in [5, 5.41) is 0. The molecule has 118 valence electrons. The Morgan fingerprint density at radius 3 is 2.38 bits per heavy atom. The SMILES string of the molecule is COc1cc(CN(C)C(=O)CC(C)N)c(SC)cc1OC. The van der Waals surface area contributed by atoms with Gasteiger partial charge in [0.25, 0.3) is 0 Å². The van der Waals surface area contributed by atoms with Crippen molar-refractivity contribution in [1.29, 1.82) is 0 Å². The van der Waals surface area contributed by atoms with Gasteiger partial charge >= 0.3 is 0 Å². The normalized spacial score (nSPS) is 11.9. The summed E-state index contributed by atoms with van der Waals surface area (Å²) in [5.41, 5.74) is 6.70. The molecule has 0 heterocycles. The van der Waals surface area contributed by atoms with E-state index in [0.29, 0.717) is 24.5 Å². The van der Waals surface area contributed by atoms with Crippen molar-refractivity contribution in [2.45, 2.75) is 30.8 Å². The highest BCUT2D eigenvalue weighted by Gasteiger charge is 2.16. The average Bonchev–Trinajstić information content (AvgIpc) is 2.45. The van der Waals surface area contributed by atoms with E-state index in [0.717, 1.165) is 10.5 Å². The van der Waals surface area contributed by atoms with Gasteiger partial charge in [-0.15, -0.1) is 11.8 Å². The number of methoxy groups -OCH3 is 2. The number of nitrogens with two attached hydrogens (primary N) is 1. The van der Waals surface area contributed by atoms with Crippen molar-refractivity contribution >= 4 is 17.7 Å². The van der Waals surface area contributed by atoms with E-state index in [1.165, 1.54) is 0 Å². The van der Waals surface area contributed by atoms with Crippen molar-refractivity contribution in [1.82, 2.24) is 4.90 Å². The maximum Gasteiger partial charge on any atom is 0.224 e. The summed E-state index contributed by atoms with van der Waals surface area (Å²) >= 11 is 1.61. The molecule has 2 N–H and O–H groups in total. The smallest absolute Gasteiger partial charge is 0.224 e. The monoisotopic (exact) mass is 312 g/mol. The fraction of sp³-hybridized carbons (Fsp3) is 0.533. The number of rotatable bonds is 7. The van der Waals surface area contributed by atoms with Crippen molar-refractivity contribution in [2.75, 3.05) is 27.5 Å². The summed E-state index contributed by atoms with van der Waals surface area (Å²) < 4.78 is 10.6. The maximum atomic E-state index is 12.0. The van der Waals surface area contributed by atoms with E-state index < -0.39 is 0 Å². The van der Waals surface area contributed by atoms with Gasteiger partial charge in [-0.25, -0.2) is 0 Å². The number of thioether (sulfide) groups is 1. The molecule has 0 bridgehead atoms. The van der Waals surface area contributed by atoms with Crippen molar-refractivity contribution in [3.8, 4) is 11.5 Å². The summed E-state index contributed by atoms with van der Waals surface area (Å²) in [6.45, 7) is 2.34. The molecule has 1 unspecified atom stereocenters. The summed E-state index contributed by atoms with van der Waals surface area (Å²) in [6.07, 6.45) is 2.34. The number of nitrogens with zero attached hydrogens (tertiary/aromatic N) is 1. The van der Waals surface area contributed by atoms with Crippen molar-refractivity contribution in [3.05, 3.63) is 17.7 Å². The standard InChI is InChI=1S/C15H24N2O3S/c1-10(16)6-15(18)17(2)9-11-7-12(19-3)13(20-4)8-14(11)21-5/h7-8,10H,6,9,16H2,1-5H3.